The normalized spacial score (nSPS) is 17.9. The van der Waals surface area contributed by atoms with Gasteiger partial charge in [0.15, 0.2) is 0 Å². The summed E-state index contributed by atoms with van der Waals surface area (Å²) < 4.78 is 15.9. The molecule has 0 radical (unpaired) electrons. The van der Waals surface area contributed by atoms with Crippen molar-refractivity contribution in [3.05, 3.63) is 76.8 Å². The number of rotatable bonds is 5. The van der Waals surface area contributed by atoms with Gasteiger partial charge in [-0.25, -0.2) is 14.1 Å². The molecule has 7 heteroatoms. The Morgan fingerprint density at radius 2 is 1.96 bits per heavy atom. The van der Waals surface area contributed by atoms with Crippen molar-refractivity contribution in [3.8, 4) is 0 Å². The minimum absolute atomic E-state index is 0.219. The SMILES string of the molecule is OC(Cn1cncn1)(c1ccc(F)cc1)C1(c2ccc(Br)cn2)CC1. The van der Waals surface area contributed by atoms with E-state index in [1.807, 2.05) is 12.1 Å². The largest absolute Gasteiger partial charge is 0.382 e. The Kier molecular flexibility index (Phi) is 3.92. The maximum atomic E-state index is 13.4. The summed E-state index contributed by atoms with van der Waals surface area (Å²) in [6, 6.07) is 9.84. The Morgan fingerprint density at radius 1 is 1.20 bits per heavy atom. The first-order valence-corrected chi connectivity index (χ1v) is 8.76. The molecule has 2 heterocycles. The zero-order valence-corrected chi connectivity index (χ0v) is 14.9. The zero-order valence-electron chi connectivity index (χ0n) is 13.3. The Labute approximate surface area is 152 Å². The molecule has 5 nitrogen and oxygen atoms in total. The van der Waals surface area contributed by atoms with Crippen LogP contribution in [0.4, 0.5) is 4.39 Å². The minimum Gasteiger partial charge on any atom is -0.382 e. The van der Waals surface area contributed by atoms with Gasteiger partial charge in [0.1, 0.15) is 24.1 Å². The first-order chi connectivity index (χ1) is 12.0. The second kappa shape index (κ2) is 6.00. The number of pyridine rings is 1. The van der Waals surface area contributed by atoms with E-state index >= 15 is 0 Å². The number of benzene rings is 1. The number of hydrogen-bond donors (Lipinski definition) is 1. The molecule has 1 aromatic carbocycles. The summed E-state index contributed by atoms with van der Waals surface area (Å²) in [7, 11) is 0. The smallest absolute Gasteiger partial charge is 0.137 e. The van der Waals surface area contributed by atoms with Crippen molar-refractivity contribution in [1.29, 1.82) is 0 Å². The summed E-state index contributed by atoms with van der Waals surface area (Å²) in [5, 5.41) is 15.9. The van der Waals surface area contributed by atoms with Crippen LogP contribution in [0.25, 0.3) is 0 Å². The molecule has 1 aliphatic carbocycles. The third kappa shape index (κ3) is 2.77. The maximum Gasteiger partial charge on any atom is 0.137 e. The van der Waals surface area contributed by atoms with Gasteiger partial charge in [0.25, 0.3) is 0 Å². The molecule has 128 valence electrons. The molecule has 0 spiro atoms. The van der Waals surface area contributed by atoms with Crippen LogP contribution < -0.4 is 0 Å². The molecule has 1 fully saturated rings. The quantitative estimate of drug-likeness (QED) is 0.711. The van der Waals surface area contributed by atoms with Crippen LogP contribution in [0.1, 0.15) is 24.1 Å². The van der Waals surface area contributed by atoms with E-state index in [9.17, 15) is 9.50 Å². The first-order valence-electron chi connectivity index (χ1n) is 7.96. The first kappa shape index (κ1) is 16.4. The fraction of sp³-hybridized carbons (Fsp3) is 0.278. The Bertz CT molecular complexity index is 863. The van der Waals surface area contributed by atoms with E-state index in [2.05, 4.69) is 31.0 Å². The second-order valence-corrected chi connectivity index (χ2v) is 7.32. The standard InChI is InChI=1S/C18H16BrFN4O/c19-14-3-6-16(22-9-14)17(7-8-17)18(25,10-24-12-21-11-23-24)13-1-4-15(20)5-2-13/h1-6,9,11-12,25H,7-8,10H2. The van der Waals surface area contributed by atoms with Crippen LogP contribution >= 0.6 is 15.9 Å². The van der Waals surface area contributed by atoms with Gasteiger partial charge >= 0.3 is 0 Å². The van der Waals surface area contributed by atoms with Crippen molar-refractivity contribution in [2.45, 2.75) is 30.4 Å². The topological polar surface area (TPSA) is 63.8 Å². The molecule has 0 amide bonds. The van der Waals surface area contributed by atoms with Gasteiger partial charge in [0.2, 0.25) is 0 Å². The van der Waals surface area contributed by atoms with E-state index in [-0.39, 0.29) is 12.4 Å². The van der Waals surface area contributed by atoms with Crippen LogP contribution in [-0.4, -0.2) is 24.9 Å². The molecule has 3 aromatic rings. The number of nitrogens with zero attached hydrogens (tertiary/aromatic N) is 4. The van der Waals surface area contributed by atoms with Gasteiger partial charge in [0.05, 0.1) is 6.54 Å². The molecular weight excluding hydrogens is 387 g/mol. The van der Waals surface area contributed by atoms with Crippen LogP contribution in [0.5, 0.6) is 0 Å². The van der Waals surface area contributed by atoms with Crippen LogP contribution in [0.15, 0.2) is 59.7 Å². The van der Waals surface area contributed by atoms with Crippen LogP contribution in [0, 0.1) is 5.82 Å². The predicted molar refractivity (Wildman–Crippen MR) is 93.2 cm³/mol. The second-order valence-electron chi connectivity index (χ2n) is 6.40. The molecule has 2 aromatic heterocycles. The highest BCUT2D eigenvalue weighted by molar-refractivity contribution is 9.10. The molecule has 1 unspecified atom stereocenters. The Hall–Kier alpha value is -2.12. The molecule has 0 bridgehead atoms. The van der Waals surface area contributed by atoms with Gasteiger partial charge in [-0.3, -0.25) is 4.98 Å². The van der Waals surface area contributed by atoms with Gasteiger partial charge in [-0.2, -0.15) is 5.10 Å². The van der Waals surface area contributed by atoms with Gasteiger partial charge in [-0.05, 0) is 58.6 Å². The third-order valence-corrected chi connectivity index (χ3v) is 5.41. The monoisotopic (exact) mass is 402 g/mol. The highest BCUT2D eigenvalue weighted by Gasteiger charge is 2.61. The van der Waals surface area contributed by atoms with Crippen molar-refractivity contribution < 1.29 is 9.50 Å². The minimum atomic E-state index is -1.27. The molecule has 1 saturated carbocycles. The molecular formula is C18H16BrFN4O. The predicted octanol–water partition coefficient (Wildman–Crippen LogP) is 3.19. The van der Waals surface area contributed by atoms with E-state index < -0.39 is 11.0 Å². The van der Waals surface area contributed by atoms with E-state index in [1.165, 1.54) is 18.5 Å². The Balaban J connectivity index is 1.82. The number of aliphatic hydroxyl groups is 1. The lowest BCUT2D eigenvalue weighted by molar-refractivity contribution is -0.0260. The summed E-state index contributed by atoms with van der Waals surface area (Å²) in [6.07, 6.45) is 6.33. The number of hydrogen-bond acceptors (Lipinski definition) is 4. The van der Waals surface area contributed by atoms with Crippen molar-refractivity contribution >= 4 is 15.9 Å². The lowest BCUT2D eigenvalue weighted by Gasteiger charge is -2.37. The fourth-order valence-electron chi connectivity index (χ4n) is 3.46. The summed E-state index contributed by atoms with van der Waals surface area (Å²) in [4.78, 5) is 8.48. The average molecular weight is 403 g/mol. The van der Waals surface area contributed by atoms with Crippen molar-refractivity contribution in [2.24, 2.45) is 0 Å². The van der Waals surface area contributed by atoms with E-state index in [0.29, 0.717) is 5.56 Å². The third-order valence-electron chi connectivity index (χ3n) is 4.94. The molecule has 0 aliphatic heterocycles. The van der Waals surface area contributed by atoms with Crippen molar-refractivity contribution in [3.63, 3.8) is 0 Å². The molecule has 0 saturated heterocycles. The molecule has 1 aliphatic rings. The highest BCUT2D eigenvalue weighted by Crippen LogP contribution is 2.59. The van der Waals surface area contributed by atoms with Crippen LogP contribution in [0.3, 0.4) is 0 Å². The van der Waals surface area contributed by atoms with Gasteiger partial charge in [0, 0.05) is 21.8 Å². The van der Waals surface area contributed by atoms with Crippen molar-refractivity contribution in [1.82, 2.24) is 19.7 Å². The van der Waals surface area contributed by atoms with Gasteiger partial charge in [-0.1, -0.05) is 12.1 Å². The lowest BCUT2D eigenvalue weighted by Crippen LogP contribution is -2.44. The fourth-order valence-corrected chi connectivity index (χ4v) is 3.69. The molecule has 1 N–H and O–H groups in total. The van der Waals surface area contributed by atoms with E-state index in [0.717, 1.165) is 23.0 Å². The van der Waals surface area contributed by atoms with Crippen molar-refractivity contribution in [2.75, 3.05) is 0 Å². The van der Waals surface area contributed by atoms with Crippen LogP contribution in [0.2, 0.25) is 0 Å². The van der Waals surface area contributed by atoms with Crippen LogP contribution in [-0.2, 0) is 17.6 Å². The highest BCUT2D eigenvalue weighted by atomic mass is 79.9. The van der Waals surface area contributed by atoms with E-state index in [1.54, 1.807) is 29.3 Å². The summed E-state index contributed by atoms with van der Waals surface area (Å²) >= 11 is 3.40. The lowest BCUT2D eigenvalue weighted by atomic mass is 9.76. The number of aromatic nitrogens is 4. The Morgan fingerprint density at radius 3 is 2.52 bits per heavy atom. The van der Waals surface area contributed by atoms with E-state index in [4.69, 9.17) is 0 Å². The summed E-state index contributed by atoms with van der Waals surface area (Å²) in [5.41, 5.74) is -0.332. The zero-order chi connectivity index (χ0) is 17.5. The van der Waals surface area contributed by atoms with Gasteiger partial charge in [-0.15, -0.1) is 0 Å². The number of halogens is 2. The average Bonchev–Trinajstić information content (AvgIpc) is 3.28. The van der Waals surface area contributed by atoms with Gasteiger partial charge < -0.3 is 5.11 Å². The molecule has 4 rings (SSSR count). The maximum absolute atomic E-state index is 13.4. The summed E-state index contributed by atoms with van der Waals surface area (Å²) in [6.45, 7) is 0.219. The summed E-state index contributed by atoms with van der Waals surface area (Å²) in [5.74, 6) is -0.335. The molecule has 25 heavy (non-hydrogen) atoms. The molecule has 1 atom stereocenters.